The normalized spacial score (nSPS) is 17.4. The van der Waals surface area contributed by atoms with Gasteiger partial charge >= 0.3 is 0 Å². The zero-order valence-electron chi connectivity index (χ0n) is 12.7. The quantitative estimate of drug-likeness (QED) is 0.728. The first kappa shape index (κ1) is 15.9. The molecule has 1 fully saturated rings. The number of rotatable bonds is 4. The fourth-order valence-electron chi connectivity index (χ4n) is 1.94. The van der Waals surface area contributed by atoms with Crippen molar-refractivity contribution in [1.82, 2.24) is 20.0 Å². The monoisotopic (exact) mass is 270 g/mol. The van der Waals surface area contributed by atoms with Crippen molar-refractivity contribution in [3.63, 3.8) is 0 Å². The van der Waals surface area contributed by atoms with Crippen molar-refractivity contribution in [2.75, 3.05) is 53.9 Å². The van der Waals surface area contributed by atoms with Crippen LogP contribution < -0.4 is 5.32 Å². The third-order valence-electron chi connectivity index (χ3n) is 3.68. The minimum atomic E-state index is -0.526. The highest BCUT2D eigenvalue weighted by molar-refractivity contribution is 5.85. The minimum absolute atomic E-state index is 0.107. The second-order valence-electron chi connectivity index (χ2n) is 5.73. The van der Waals surface area contributed by atoms with E-state index in [1.807, 2.05) is 18.7 Å². The van der Waals surface area contributed by atoms with E-state index in [1.54, 1.807) is 26.0 Å². The van der Waals surface area contributed by atoms with Gasteiger partial charge in [0.15, 0.2) is 0 Å². The van der Waals surface area contributed by atoms with Gasteiger partial charge < -0.3 is 15.1 Å². The Morgan fingerprint density at radius 2 is 1.68 bits per heavy atom. The average Bonchev–Trinajstić information content (AvgIpc) is 2.38. The van der Waals surface area contributed by atoms with Crippen LogP contribution in [0.15, 0.2) is 0 Å². The summed E-state index contributed by atoms with van der Waals surface area (Å²) in [6.45, 7) is 7.09. The van der Waals surface area contributed by atoms with E-state index in [0.717, 1.165) is 13.1 Å². The molecule has 1 saturated heterocycles. The molecular weight excluding hydrogens is 244 g/mol. The largest absolute Gasteiger partial charge is 0.348 e. The van der Waals surface area contributed by atoms with Crippen LogP contribution in [-0.2, 0) is 9.59 Å². The molecule has 0 unspecified atom stereocenters. The van der Waals surface area contributed by atoms with Gasteiger partial charge in [-0.2, -0.15) is 0 Å². The molecule has 110 valence electrons. The summed E-state index contributed by atoms with van der Waals surface area (Å²) in [4.78, 5) is 29.4. The minimum Gasteiger partial charge on any atom is -0.348 e. The number of piperazine rings is 1. The predicted molar refractivity (Wildman–Crippen MR) is 74.9 cm³/mol. The lowest BCUT2D eigenvalue weighted by molar-refractivity contribution is -0.139. The van der Waals surface area contributed by atoms with Gasteiger partial charge in [0, 0.05) is 40.3 Å². The van der Waals surface area contributed by atoms with Crippen LogP contribution in [0.2, 0.25) is 0 Å². The van der Waals surface area contributed by atoms with Crippen LogP contribution in [0.3, 0.4) is 0 Å². The van der Waals surface area contributed by atoms with Gasteiger partial charge in [0.25, 0.3) is 0 Å². The zero-order chi connectivity index (χ0) is 14.6. The van der Waals surface area contributed by atoms with Crippen LogP contribution >= 0.6 is 0 Å². The summed E-state index contributed by atoms with van der Waals surface area (Å²) in [5.41, 5.74) is -0.526. The highest BCUT2D eigenvalue weighted by Gasteiger charge is 2.32. The number of amides is 2. The van der Waals surface area contributed by atoms with Crippen molar-refractivity contribution in [3.8, 4) is 0 Å². The molecule has 1 rings (SSSR count). The van der Waals surface area contributed by atoms with Gasteiger partial charge in [-0.1, -0.05) is 0 Å². The van der Waals surface area contributed by atoms with Gasteiger partial charge in [-0.05, 0) is 20.9 Å². The smallest absolute Gasteiger partial charge is 0.242 e. The number of hydrogen-bond acceptors (Lipinski definition) is 4. The van der Waals surface area contributed by atoms with Crippen LogP contribution in [0, 0.1) is 0 Å². The van der Waals surface area contributed by atoms with Crippen LogP contribution in [0.1, 0.15) is 13.8 Å². The van der Waals surface area contributed by atoms with Gasteiger partial charge in [-0.25, -0.2) is 0 Å². The number of carbonyl (C=O) groups excluding carboxylic acids is 2. The standard InChI is InChI=1S/C13H26N4O2/c1-13(2,14-3)12(19)17-8-6-16(7-9-17)10-11(18)15(4)5/h14H,6-10H2,1-5H3. The van der Waals surface area contributed by atoms with Gasteiger partial charge in [0.05, 0.1) is 12.1 Å². The topological polar surface area (TPSA) is 55.9 Å². The van der Waals surface area contributed by atoms with Crippen LogP contribution in [0.25, 0.3) is 0 Å². The summed E-state index contributed by atoms with van der Waals surface area (Å²) in [7, 11) is 5.32. The molecular formula is C13H26N4O2. The van der Waals surface area contributed by atoms with Crippen molar-refractivity contribution >= 4 is 11.8 Å². The molecule has 1 aliphatic rings. The highest BCUT2D eigenvalue weighted by Crippen LogP contribution is 2.10. The first-order chi connectivity index (χ1) is 8.77. The van der Waals surface area contributed by atoms with Gasteiger partial charge in [-0.3, -0.25) is 14.5 Å². The zero-order valence-corrected chi connectivity index (χ0v) is 12.7. The first-order valence-corrected chi connectivity index (χ1v) is 6.68. The average molecular weight is 270 g/mol. The van der Waals surface area contributed by atoms with Crippen LogP contribution in [0.4, 0.5) is 0 Å². The maximum absolute atomic E-state index is 12.3. The first-order valence-electron chi connectivity index (χ1n) is 6.68. The van der Waals surface area contributed by atoms with E-state index in [2.05, 4.69) is 10.2 Å². The van der Waals surface area contributed by atoms with E-state index in [0.29, 0.717) is 19.6 Å². The lowest BCUT2D eigenvalue weighted by atomic mass is 10.0. The molecule has 0 aromatic heterocycles. The molecule has 0 spiro atoms. The molecule has 0 aromatic rings. The summed E-state index contributed by atoms with van der Waals surface area (Å²) < 4.78 is 0. The SMILES string of the molecule is CNC(C)(C)C(=O)N1CCN(CC(=O)N(C)C)CC1. The Morgan fingerprint density at radius 1 is 1.16 bits per heavy atom. The lowest BCUT2D eigenvalue weighted by Crippen LogP contribution is -2.58. The summed E-state index contributed by atoms with van der Waals surface area (Å²) in [5.74, 6) is 0.226. The van der Waals surface area contributed by atoms with Gasteiger partial charge in [0.2, 0.25) is 11.8 Å². The second-order valence-corrected chi connectivity index (χ2v) is 5.73. The number of hydrogen-bond donors (Lipinski definition) is 1. The number of nitrogens with one attached hydrogen (secondary N) is 1. The molecule has 19 heavy (non-hydrogen) atoms. The molecule has 1 heterocycles. The van der Waals surface area contributed by atoms with Crippen molar-refractivity contribution < 1.29 is 9.59 Å². The maximum Gasteiger partial charge on any atom is 0.242 e. The van der Waals surface area contributed by atoms with E-state index < -0.39 is 5.54 Å². The summed E-state index contributed by atoms with van der Waals surface area (Å²) >= 11 is 0. The van der Waals surface area contributed by atoms with E-state index in [-0.39, 0.29) is 11.8 Å². The molecule has 1 aliphatic heterocycles. The summed E-state index contributed by atoms with van der Waals surface area (Å²) in [6, 6.07) is 0. The third kappa shape index (κ3) is 4.18. The van der Waals surface area contributed by atoms with E-state index in [1.165, 1.54) is 0 Å². The maximum atomic E-state index is 12.3. The Labute approximate surface area is 115 Å². The Kier molecular flexibility index (Phi) is 5.31. The summed E-state index contributed by atoms with van der Waals surface area (Å²) in [6.07, 6.45) is 0. The fraction of sp³-hybridized carbons (Fsp3) is 0.846. The number of likely N-dealkylation sites (N-methyl/N-ethyl adjacent to an activating group) is 2. The van der Waals surface area contributed by atoms with E-state index >= 15 is 0 Å². The van der Waals surface area contributed by atoms with Crippen molar-refractivity contribution in [2.45, 2.75) is 19.4 Å². The fourth-order valence-corrected chi connectivity index (χ4v) is 1.94. The molecule has 0 aliphatic carbocycles. The van der Waals surface area contributed by atoms with Crippen LogP contribution in [-0.4, -0.2) is 85.9 Å². The summed E-state index contributed by atoms with van der Waals surface area (Å²) in [5, 5.41) is 3.03. The van der Waals surface area contributed by atoms with Crippen molar-refractivity contribution in [1.29, 1.82) is 0 Å². The molecule has 0 bridgehead atoms. The lowest BCUT2D eigenvalue weighted by Gasteiger charge is -2.38. The van der Waals surface area contributed by atoms with Crippen LogP contribution in [0.5, 0.6) is 0 Å². The number of nitrogens with zero attached hydrogens (tertiary/aromatic N) is 3. The Balaban J connectivity index is 2.45. The Bertz CT molecular complexity index is 334. The highest BCUT2D eigenvalue weighted by atomic mass is 16.2. The van der Waals surface area contributed by atoms with Crippen molar-refractivity contribution in [2.24, 2.45) is 0 Å². The van der Waals surface area contributed by atoms with Crippen molar-refractivity contribution in [3.05, 3.63) is 0 Å². The Hall–Kier alpha value is -1.14. The van der Waals surface area contributed by atoms with Gasteiger partial charge in [0.1, 0.15) is 0 Å². The van der Waals surface area contributed by atoms with E-state index in [4.69, 9.17) is 0 Å². The number of carbonyl (C=O) groups is 2. The molecule has 1 N–H and O–H groups in total. The predicted octanol–water partition coefficient (Wildman–Crippen LogP) is -0.783. The second kappa shape index (κ2) is 6.34. The molecule has 0 radical (unpaired) electrons. The molecule has 0 aromatic carbocycles. The van der Waals surface area contributed by atoms with Gasteiger partial charge in [-0.15, -0.1) is 0 Å². The van der Waals surface area contributed by atoms with E-state index in [9.17, 15) is 9.59 Å². The molecule has 0 atom stereocenters. The molecule has 2 amide bonds. The molecule has 0 saturated carbocycles. The Morgan fingerprint density at radius 3 is 2.11 bits per heavy atom. The third-order valence-corrected chi connectivity index (χ3v) is 3.68. The molecule has 6 nitrogen and oxygen atoms in total. The molecule has 6 heteroatoms.